The van der Waals surface area contributed by atoms with Crippen LogP contribution >= 0.6 is 0 Å². The van der Waals surface area contributed by atoms with Gasteiger partial charge >= 0.3 is 6.18 Å². The molecule has 202 valence electrons. The molecule has 4 rings (SSSR count). The summed E-state index contributed by atoms with van der Waals surface area (Å²) in [6.07, 6.45) is -3.26. The molecule has 1 saturated heterocycles. The van der Waals surface area contributed by atoms with Gasteiger partial charge in [-0.25, -0.2) is 8.42 Å². The zero-order valence-corrected chi connectivity index (χ0v) is 21.6. The highest BCUT2D eigenvalue weighted by atomic mass is 32.2. The molecule has 0 aromatic heterocycles. The molecule has 1 aliphatic rings. The fourth-order valence-corrected chi connectivity index (χ4v) is 5.08. The molecule has 1 heterocycles. The van der Waals surface area contributed by atoms with Gasteiger partial charge in [-0.3, -0.25) is 9.10 Å². The molecule has 38 heavy (non-hydrogen) atoms. The Morgan fingerprint density at radius 3 is 2.18 bits per heavy atom. The number of hydrogen-bond donors (Lipinski definition) is 0. The molecule has 0 unspecified atom stereocenters. The number of alkyl halides is 3. The number of hydrogen-bond acceptors (Lipinski definition) is 5. The fraction of sp³-hybridized carbons (Fsp3) is 0.296. The van der Waals surface area contributed by atoms with Crippen molar-refractivity contribution in [2.24, 2.45) is 0 Å². The average molecular weight is 548 g/mol. The van der Waals surface area contributed by atoms with Gasteiger partial charge in [0.25, 0.3) is 5.91 Å². The number of nitrogens with zero attached hydrogens (tertiary/aromatic N) is 3. The third-order valence-corrected chi connectivity index (χ3v) is 7.37. The summed E-state index contributed by atoms with van der Waals surface area (Å²) < 4.78 is 70.7. The first kappa shape index (κ1) is 27.3. The minimum Gasteiger partial charge on any atom is -0.484 e. The van der Waals surface area contributed by atoms with Crippen molar-refractivity contribution in [1.82, 2.24) is 4.90 Å². The Bertz CT molecular complexity index is 1340. The molecule has 0 atom stereocenters. The average Bonchev–Trinajstić information content (AvgIpc) is 2.90. The number of carbonyl (C=O) groups is 1. The molecular formula is C27H28F3N3O4S. The Morgan fingerprint density at radius 1 is 0.921 bits per heavy atom. The second-order valence-electron chi connectivity index (χ2n) is 8.95. The van der Waals surface area contributed by atoms with Gasteiger partial charge in [0.2, 0.25) is 10.0 Å². The lowest BCUT2D eigenvalue weighted by Crippen LogP contribution is -2.50. The summed E-state index contributed by atoms with van der Waals surface area (Å²) in [5.41, 5.74) is 1.09. The normalized spacial score (nSPS) is 14.3. The van der Waals surface area contributed by atoms with E-state index in [9.17, 15) is 26.4 Å². The smallest absolute Gasteiger partial charge is 0.416 e. The van der Waals surface area contributed by atoms with Crippen molar-refractivity contribution in [3.05, 3.63) is 90.0 Å². The lowest BCUT2D eigenvalue weighted by atomic mass is 10.1. The van der Waals surface area contributed by atoms with E-state index in [0.29, 0.717) is 43.3 Å². The third-order valence-electron chi connectivity index (χ3n) is 6.23. The lowest BCUT2D eigenvalue weighted by molar-refractivity contribution is -0.137. The Balaban J connectivity index is 1.31. The van der Waals surface area contributed by atoms with E-state index in [-0.39, 0.29) is 19.1 Å². The predicted octanol–water partition coefficient (Wildman–Crippen LogP) is 4.40. The molecule has 0 saturated carbocycles. The third kappa shape index (κ3) is 6.97. The summed E-state index contributed by atoms with van der Waals surface area (Å²) in [6, 6.07) is 20.9. The standard InChI is InChI=1S/C27H28F3N3O4S/c1-38(35,36)33(19-21-6-3-2-4-7-21)23-10-12-25(13-11-23)37-20-26(34)32-16-14-31(15-17-32)24-9-5-8-22(18-24)27(28,29)30/h2-13,18H,14-17,19-20H2,1H3. The molecule has 0 radical (unpaired) electrons. The summed E-state index contributed by atoms with van der Waals surface area (Å²) >= 11 is 0. The first-order valence-corrected chi connectivity index (χ1v) is 13.8. The second kappa shape index (κ2) is 11.3. The van der Waals surface area contributed by atoms with Crippen molar-refractivity contribution in [3.8, 4) is 5.75 Å². The van der Waals surface area contributed by atoms with Crippen LogP contribution < -0.4 is 13.9 Å². The first-order chi connectivity index (χ1) is 18.0. The maximum atomic E-state index is 13.0. The van der Waals surface area contributed by atoms with E-state index in [1.807, 2.05) is 35.2 Å². The summed E-state index contributed by atoms with van der Waals surface area (Å²) in [5, 5.41) is 0. The molecule has 1 amide bonds. The zero-order valence-electron chi connectivity index (χ0n) is 20.8. The molecule has 3 aromatic carbocycles. The van der Waals surface area contributed by atoms with E-state index in [0.717, 1.165) is 24.0 Å². The van der Waals surface area contributed by atoms with Crippen LogP contribution in [0.1, 0.15) is 11.1 Å². The van der Waals surface area contributed by atoms with E-state index in [1.54, 1.807) is 35.2 Å². The number of sulfonamides is 1. The van der Waals surface area contributed by atoms with Crippen molar-refractivity contribution in [2.45, 2.75) is 12.7 Å². The SMILES string of the molecule is CS(=O)(=O)N(Cc1ccccc1)c1ccc(OCC(=O)N2CCN(c3cccc(C(F)(F)F)c3)CC2)cc1. The molecule has 1 aliphatic heterocycles. The molecule has 0 spiro atoms. The lowest BCUT2D eigenvalue weighted by Gasteiger charge is -2.36. The van der Waals surface area contributed by atoms with Crippen molar-refractivity contribution in [2.75, 3.05) is 48.2 Å². The molecule has 1 fully saturated rings. The Hall–Kier alpha value is -3.73. The van der Waals surface area contributed by atoms with Gasteiger partial charge < -0.3 is 14.5 Å². The van der Waals surface area contributed by atoms with Crippen molar-refractivity contribution in [1.29, 1.82) is 0 Å². The highest BCUT2D eigenvalue weighted by molar-refractivity contribution is 7.92. The van der Waals surface area contributed by atoms with Gasteiger partial charge in [-0.1, -0.05) is 36.4 Å². The number of carbonyl (C=O) groups excluding carboxylic acids is 1. The molecule has 0 bridgehead atoms. The van der Waals surface area contributed by atoms with Crippen LogP contribution in [0.25, 0.3) is 0 Å². The van der Waals surface area contributed by atoms with Gasteiger partial charge in [0.05, 0.1) is 24.1 Å². The van der Waals surface area contributed by atoms with Crippen molar-refractivity contribution >= 4 is 27.3 Å². The minimum atomic E-state index is -4.41. The molecule has 0 aliphatic carbocycles. The molecule has 7 nitrogen and oxygen atoms in total. The van der Waals surface area contributed by atoms with E-state index in [4.69, 9.17) is 4.74 Å². The van der Waals surface area contributed by atoms with Crippen LogP contribution in [0, 0.1) is 0 Å². The van der Waals surface area contributed by atoms with Crippen LogP contribution in [0.3, 0.4) is 0 Å². The molecule has 11 heteroatoms. The first-order valence-electron chi connectivity index (χ1n) is 12.0. The number of amides is 1. The monoisotopic (exact) mass is 547 g/mol. The second-order valence-corrected chi connectivity index (χ2v) is 10.9. The maximum absolute atomic E-state index is 13.0. The topological polar surface area (TPSA) is 70.2 Å². The summed E-state index contributed by atoms with van der Waals surface area (Å²) in [6.45, 7) is 1.52. The van der Waals surface area contributed by atoms with Gasteiger partial charge in [0.1, 0.15) is 5.75 Å². The van der Waals surface area contributed by atoms with Gasteiger partial charge in [0.15, 0.2) is 6.61 Å². The highest BCUT2D eigenvalue weighted by Gasteiger charge is 2.31. The number of rotatable bonds is 8. The van der Waals surface area contributed by atoms with E-state index in [1.165, 1.54) is 10.4 Å². The molecular weight excluding hydrogens is 519 g/mol. The van der Waals surface area contributed by atoms with Gasteiger partial charge in [-0.05, 0) is 48.0 Å². The number of ether oxygens (including phenoxy) is 1. The largest absolute Gasteiger partial charge is 0.484 e. The zero-order chi connectivity index (χ0) is 27.3. The van der Waals surface area contributed by atoms with E-state index < -0.39 is 21.8 Å². The summed E-state index contributed by atoms with van der Waals surface area (Å²) in [4.78, 5) is 16.1. The quantitative estimate of drug-likeness (QED) is 0.418. The minimum absolute atomic E-state index is 0.185. The van der Waals surface area contributed by atoms with Crippen LogP contribution in [-0.2, 0) is 27.5 Å². The van der Waals surface area contributed by atoms with Crippen LogP contribution in [0.15, 0.2) is 78.9 Å². The van der Waals surface area contributed by atoms with Gasteiger partial charge in [-0.2, -0.15) is 13.2 Å². The number of halogens is 3. The van der Waals surface area contributed by atoms with Crippen LogP contribution in [0.4, 0.5) is 24.5 Å². The van der Waals surface area contributed by atoms with E-state index in [2.05, 4.69) is 0 Å². The number of anilines is 2. The fourth-order valence-electron chi connectivity index (χ4n) is 4.19. The van der Waals surface area contributed by atoms with E-state index >= 15 is 0 Å². The number of piperazine rings is 1. The molecule has 3 aromatic rings. The van der Waals surface area contributed by atoms with Gasteiger partial charge in [-0.15, -0.1) is 0 Å². The summed E-state index contributed by atoms with van der Waals surface area (Å²) in [7, 11) is -3.53. The predicted molar refractivity (Wildman–Crippen MR) is 140 cm³/mol. The molecule has 0 N–H and O–H groups in total. The van der Waals surface area contributed by atoms with Crippen LogP contribution in [0.2, 0.25) is 0 Å². The van der Waals surface area contributed by atoms with Crippen molar-refractivity contribution in [3.63, 3.8) is 0 Å². The van der Waals surface area contributed by atoms with Crippen molar-refractivity contribution < 1.29 is 31.1 Å². The summed E-state index contributed by atoms with van der Waals surface area (Å²) in [5.74, 6) is 0.178. The van der Waals surface area contributed by atoms with Gasteiger partial charge in [0, 0.05) is 31.9 Å². The number of benzene rings is 3. The Morgan fingerprint density at radius 2 is 1.58 bits per heavy atom. The van der Waals surface area contributed by atoms with Crippen LogP contribution in [-0.4, -0.2) is 58.3 Å². The van der Waals surface area contributed by atoms with Crippen LogP contribution in [0.5, 0.6) is 5.75 Å². The Labute approximate surface area is 220 Å². The maximum Gasteiger partial charge on any atom is 0.416 e. The highest BCUT2D eigenvalue weighted by Crippen LogP contribution is 2.32. The Kier molecular flexibility index (Phi) is 8.15.